The number of piperidine rings is 1. The summed E-state index contributed by atoms with van der Waals surface area (Å²) in [6.45, 7) is 2.50. The van der Waals surface area contributed by atoms with Crippen LogP contribution < -0.4 is 21.7 Å². The van der Waals surface area contributed by atoms with Crippen LogP contribution in [0.15, 0.2) is 46.9 Å². The highest BCUT2D eigenvalue weighted by molar-refractivity contribution is 6.33. The molecule has 1 aliphatic rings. The average Bonchev–Trinajstić information content (AvgIpc) is 3.24. The predicted molar refractivity (Wildman–Crippen MR) is 125 cm³/mol. The van der Waals surface area contributed by atoms with Crippen molar-refractivity contribution in [2.24, 2.45) is 5.73 Å². The molecule has 0 atom stereocenters. The maximum Gasteiger partial charge on any atom is 0.273 e. The second kappa shape index (κ2) is 11.4. The van der Waals surface area contributed by atoms with Gasteiger partial charge in [0.2, 0.25) is 11.8 Å². The van der Waals surface area contributed by atoms with Crippen molar-refractivity contribution in [2.75, 3.05) is 25.5 Å². The third-order valence-electron chi connectivity index (χ3n) is 4.88. The van der Waals surface area contributed by atoms with Crippen LogP contribution in [0.3, 0.4) is 0 Å². The van der Waals surface area contributed by atoms with Gasteiger partial charge in [-0.1, -0.05) is 24.1 Å². The molecule has 0 aliphatic carbocycles. The summed E-state index contributed by atoms with van der Waals surface area (Å²) in [5, 5.41) is 8.71. The first-order chi connectivity index (χ1) is 15.9. The van der Waals surface area contributed by atoms with Crippen molar-refractivity contribution >= 4 is 35.0 Å². The van der Waals surface area contributed by atoms with E-state index < -0.39 is 11.7 Å². The van der Waals surface area contributed by atoms with Crippen molar-refractivity contribution in [3.05, 3.63) is 64.6 Å². The summed E-state index contributed by atoms with van der Waals surface area (Å²) in [5.41, 5.74) is 6.01. The number of nitrogens with one attached hydrogen (secondary N) is 3. The van der Waals surface area contributed by atoms with Crippen LogP contribution in [0.4, 0.5) is 16.0 Å². The van der Waals surface area contributed by atoms with Gasteiger partial charge in [0.25, 0.3) is 11.8 Å². The number of hydrogen-bond acceptors (Lipinski definition) is 6. The van der Waals surface area contributed by atoms with Crippen LogP contribution in [0, 0.1) is 5.82 Å². The Kier molecular flexibility index (Phi) is 8.39. The molecule has 0 radical (unpaired) electrons. The number of carbonyl (C=O) groups excluding carboxylic acids is 2. The first-order valence-corrected chi connectivity index (χ1v) is 10.8. The maximum atomic E-state index is 14.1. The number of primary amides is 1. The smallest absolute Gasteiger partial charge is 0.273 e. The van der Waals surface area contributed by atoms with E-state index in [2.05, 4.69) is 20.9 Å². The zero-order chi connectivity index (χ0) is 23.8. The summed E-state index contributed by atoms with van der Waals surface area (Å²) in [4.78, 5) is 27.2. The molecule has 5 N–H and O–H groups in total. The lowest BCUT2D eigenvalue weighted by atomic mass is 10.2. The lowest BCUT2D eigenvalue weighted by molar-refractivity contribution is 0.0961. The highest BCUT2D eigenvalue weighted by atomic mass is 35.5. The largest absolute Gasteiger partial charge is 0.419 e. The van der Waals surface area contributed by atoms with E-state index in [1.165, 1.54) is 57.6 Å². The van der Waals surface area contributed by atoms with Gasteiger partial charge in [0.05, 0.1) is 10.6 Å². The minimum Gasteiger partial charge on any atom is -0.419 e. The van der Waals surface area contributed by atoms with Crippen LogP contribution in [0.1, 0.15) is 40.1 Å². The highest BCUT2D eigenvalue weighted by Crippen LogP contribution is 2.34. The van der Waals surface area contributed by atoms with Crippen LogP contribution in [0.25, 0.3) is 11.5 Å². The molecule has 2 amide bonds. The van der Waals surface area contributed by atoms with Gasteiger partial charge in [-0.15, -0.1) is 0 Å². The molecule has 174 valence electrons. The van der Waals surface area contributed by atoms with E-state index in [9.17, 15) is 14.0 Å². The van der Waals surface area contributed by atoms with E-state index in [1.807, 2.05) is 0 Å². The molecule has 1 aliphatic heterocycles. The minimum atomic E-state index is -0.859. The summed E-state index contributed by atoms with van der Waals surface area (Å²) in [6.07, 6.45) is 4.22. The van der Waals surface area contributed by atoms with Crippen molar-refractivity contribution < 1.29 is 18.4 Å². The number of nitrogens with two attached hydrogens (primary N) is 1. The summed E-state index contributed by atoms with van der Waals surface area (Å²) in [7, 11) is 1.53. The summed E-state index contributed by atoms with van der Waals surface area (Å²) >= 11 is 6.01. The van der Waals surface area contributed by atoms with Gasteiger partial charge in [-0.3, -0.25) is 9.59 Å². The molecule has 1 saturated heterocycles. The van der Waals surface area contributed by atoms with E-state index in [0.717, 1.165) is 0 Å². The number of amides is 2. The Morgan fingerprint density at radius 3 is 2.33 bits per heavy atom. The fourth-order valence-corrected chi connectivity index (χ4v) is 3.41. The molecule has 33 heavy (non-hydrogen) atoms. The number of rotatable bonds is 5. The third-order valence-corrected chi connectivity index (χ3v) is 5.19. The molecule has 0 bridgehead atoms. The van der Waals surface area contributed by atoms with Crippen LogP contribution >= 0.6 is 11.6 Å². The molecule has 4 rings (SSSR count). The molecule has 1 fully saturated rings. The summed E-state index contributed by atoms with van der Waals surface area (Å²) in [5.74, 6) is -2.00. The zero-order valence-electron chi connectivity index (χ0n) is 18.1. The van der Waals surface area contributed by atoms with Gasteiger partial charge in [-0.2, -0.15) is 0 Å². The lowest BCUT2D eigenvalue weighted by Gasteiger charge is -2.08. The van der Waals surface area contributed by atoms with Crippen LogP contribution in [-0.2, 0) is 0 Å². The van der Waals surface area contributed by atoms with E-state index in [-0.39, 0.29) is 34.0 Å². The van der Waals surface area contributed by atoms with E-state index >= 15 is 0 Å². The van der Waals surface area contributed by atoms with E-state index in [4.69, 9.17) is 21.8 Å². The number of halogens is 2. The minimum absolute atomic E-state index is 0.0653. The topological polar surface area (TPSA) is 122 Å². The number of aromatic nitrogens is 1. The van der Waals surface area contributed by atoms with Crippen molar-refractivity contribution in [3.8, 4) is 11.5 Å². The lowest BCUT2D eigenvalue weighted by Crippen LogP contribution is -2.21. The normalized spacial score (nSPS) is 12.9. The van der Waals surface area contributed by atoms with Gasteiger partial charge in [0, 0.05) is 18.3 Å². The Balaban J connectivity index is 0.000000442. The first-order valence-electron chi connectivity index (χ1n) is 10.5. The van der Waals surface area contributed by atoms with Gasteiger partial charge in [0.15, 0.2) is 5.69 Å². The standard InChI is InChI=1S/C18H14ClFN4O3.C5H11N/c1-22-16(26)9-5-7-10(8-6-9)23-18-14(15(21)25)24-17(27-18)13-11(19)3-2-4-12(13)20;1-2-4-6-5-3-1/h2-8,23H,1H3,(H2,21,25)(H,22,26);6H,1-5H2. The first kappa shape index (κ1) is 24.2. The number of carbonyl (C=O) groups is 2. The molecule has 0 unspecified atom stereocenters. The zero-order valence-corrected chi connectivity index (χ0v) is 18.8. The van der Waals surface area contributed by atoms with Crippen molar-refractivity contribution in [1.29, 1.82) is 0 Å². The van der Waals surface area contributed by atoms with Gasteiger partial charge >= 0.3 is 0 Å². The van der Waals surface area contributed by atoms with Gasteiger partial charge in [-0.05, 0) is 62.3 Å². The molecular formula is C23H25ClFN5O3. The van der Waals surface area contributed by atoms with Crippen LogP contribution in [0.2, 0.25) is 5.02 Å². The Bertz CT molecular complexity index is 1080. The third kappa shape index (κ3) is 6.30. The monoisotopic (exact) mass is 473 g/mol. The number of hydrogen-bond donors (Lipinski definition) is 4. The quantitative estimate of drug-likeness (QED) is 0.442. The van der Waals surface area contributed by atoms with Crippen molar-refractivity contribution in [1.82, 2.24) is 15.6 Å². The molecular weight excluding hydrogens is 449 g/mol. The molecule has 0 spiro atoms. The van der Waals surface area contributed by atoms with Crippen LogP contribution in [0.5, 0.6) is 0 Å². The fourth-order valence-electron chi connectivity index (χ4n) is 3.16. The summed E-state index contributed by atoms with van der Waals surface area (Å²) in [6, 6.07) is 10.5. The number of benzene rings is 2. The SMILES string of the molecule is C1CCNCC1.CNC(=O)c1ccc(Nc2oc(-c3c(F)cccc3Cl)nc2C(N)=O)cc1. The Labute approximate surface area is 195 Å². The fraction of sp³-hybridized carbons (Fsp3) is 0.261. The predicted octanol–water partition coefficient (Wildman–Crippen LogP) is 4.10. The molecule has 0 saturated carbocycles. The number of nitrogens with zero attached hydrogens (tertiary/aromatic N) is 1. The highest BCUT2D eigenvalue weighted by Gasteiger charge is 2.22. The maximum absolute atomic E-state index is 14.1. The van der Waals surface area contributed by atoms with E-state index in [0.29, 0.717) is 11.3 Å². The second-order valence-electron chi connectivity index (χ2n) is 7.25. The molecule has 1 aromatic heterocycles. The van der Waals surface area contributed by atoms with Crippen molar-refractivity contribution in [3.63, 3.8) is 0 Å². The molecule has 10 heteroatoms. The van der Waals surface area contributed by atoms with E-state index in [1.54, 1.807) is 24.3 Å². The molecule has 3 aromatic rings. The van der Waals surface area contributed by atoms with Gasteiger partial charge in [-0.25, -0.2) is 9.37 Å². The Hall–Kier alpha value is -3.43. The van der Waals surface area contributed by atoms with Crippen molar-refractivity contribution in [2.45, 2.75) is 19.3 Å². The number of oxazole rings is 1. The molecule has 8 nitrogen and oxygen atoms in total. The molecule has 2 aromatic carbocycles. The van der Waals surface area contributed by atoms with Crippen LogP contribution in [-0.4, -0.2) is 36.9 Å². The van der Waals surface area contributed by atoms with Gasteiger partial charge < -0.3 is 26.1 Å². The van der Waals surface area contributed by atoms with Gasteiger partial charge in [0.1, 0.15) is 5.82 Å². The second-order valence-corrected chi connectivity index (χ2v) is 7.66. The summed E-state index contributed by atoms with van der Waals surface area (Å²) < 4.78 is 19.6. The Morgan fingerprint density at radius 1 is 1.12 bits per heavy atom. The number of anilines is 2. The molecule has 2 heterocycles. The average molecular weight is 474 g/mol. The Morgan fingerprint density at radius 2 is 1.82 bits per heavy atom.